The Hall–Kier alpha value is -1.46. The van der Waals surface area contributed by atoms with E-state index >= 15 is 0 Å². The van der Waals surface area contributed by atoms with Crippen LogP contribution < -0.4 is 4.90 Å². The molecule has 0 fully saturated rings. The van der Waals surface area contributed by atoms with E-state index in [4.69, 9.17) is 46.4 Å². The van der Waals surface area contributed by atoms with Crippen molar-refractivity contribution in [2.75, 3.05) is 19.0 Å². The van der Waals surface area contributed by atoms with Gasteiger partial charge >= 0.3 is 6.03 Å². The molecule has 126 valence electrons. The molecular weight excluding hydrogens is 394 g/mol. The summed E-state index contributed by atoms with van der Waals surface area (Å²) in [6.45, 7) is 0. The number of nitrogens with zero attached hydrogens (tertiary/aromatic N) is 2. The van der Waals surface area contributed by atoms with Crippen LogP contribution in [-0.2, 0) is 0 Å². The van der Waals surface area contributed by atoms with Crippen LogP contribution in [-0.4, -0.2) is 30.9 Å². The Morgan fingerprint density at radius 1 is 0.833 bits per heavy atom. The largest absolute Gasteiger partial charge is 0.330 e. The summed E-state index contributed by atoms with van der Waals surface area (Å²) in [6, 6.07) is 8.81. The summed E-state index contributed by atoms with van der Waals surface area (Å²) in [6.07, 6.45) is 0. The topological polar surface area (TPSA) is 40.6 Å². The summed E-state index contributed by atoms with van der Waals surface area (Å²) < 4.78 is 0. The maximum Gasteiger partial charge on any atom is 0.330 e. The molecule has 0 aliphatic heterocycles. The van der Waals surface area contributed by atoms with Gasteiger partial charge in [0.15, 0.2) is 0 Å². The number of halogens is 4. The molecule has 2 rings (SSSR count). The van der Waals surface area contributed by atoms with E-state index in [0.29, 0.717) is 15.7 Å². The van der Waals surface area contributed by atoms with E-state index in [1.165, 1.54) is 37.2 Å². The average molecular weight is 406 g/mol. The second kappa shape index (κ2) is 7.62. The number of hydrogen-bond donors (Lipinski definition) is 0. The molecule has 0 unspecified atom stereocenters. The lowest BCUT2D eigenvalue weighted by molar-refractivity contribution is 0.0837. The Kier molecular flexibility index (Phi) is 5.99. The van der Waals surface area contributed by atoms with E-state index in [9.17, 15) is 9.59 Å². The summed E-state index contributed by atoms with van der Waals surface area (Å²) in [7, 11) is 2.86. The van der Waals surface area contributed by atoms with Gasteiger partial charge in [-0.25, -0.2) is 4.79 Å². The molecule has 0 bridgehead atoms. The van der Waals surface area contributed by atoms with E-state index in [-0.39, 0.29) is 15.6 Å². The fourth-order valence-corrected chi connectivity index (χ4v) is 2.84. The maximum atomic E-state index is 12.5. The fraction of sp³-hybridized carbons (Fsp3) is 0.125. The Balaban J connectivity index is 2.28. The van der Waals surface area contributed by atoms with Gasteiger partial charge in [-0.05, 0) is 30.3 Å². The third kappa shape index (κ3) is 3.78. The van der Waals surface area contributed by atoms with Crippen molar-refractivity contribution < 1.29 is 9.59 Å². The predicted octanol–water partition coefficient (Wildman–Crippen LogP) is 5.63. The predicted molar refractivity (Wildman–Crippen MR) is 98.8 cm³/mol. The average Bonchev–Trinajstić information content (AvgIpc) is 2.55. The summed E-state index contributed by atoms with van der Waals surface area (Å²) in [4.78, 5) is 27.3. The first kappa shape index (κ1) is 18.9. The second-order valence-electron chi connectivity index (χ2n) is 4.90. The number of carbonyl (C=O) groups is 2. The first-order chi connectivity index (χ1) is 11.2. The van der Waals surface area contributed by atoms with Crippen LogP contribution in [0.25, 0.3) is 0 Å². The van der Waals surface area contributed by atoms with Gasteiger partial charge in [0.2, 0.25) is 0 Å². The molecule has 2 aromatic rings. The van der Waals surface area contributed by atoms with Crippen molar-refractivity contribution in [3.8, 4) is 0 Å². The summed E-state index contributed by atoms with van der Waals surface area (Å²) >= 11 is 23.9. The molecule has 4 nitrogen and oxygen atoms in total. The molecule has 0 radical (unpaired) electrons. The SMILES string of the molecule is CN(C(=O)c1c(Cl)cccc1Cl)C(=O)N(C)c1ccc(Cl)c(Cl)c1. The van der Waals surface area contributed by atoms with Gasteiger partial charge in [-0.15, -0.1) is 0 Å². The van der Waals surface area contributed by atoms with Crippen LogP contribution in [0.1, 0.15) is 10.4 Å². The van der Waals surface area contributed by atoms with Crippen molar-refractivity contribution in [3.05, 3.63) is 62.1 Å². The van der Waals surface area contributed by atoms with Crippen molar-refractivity contribution in [2.24, 2.45) is 0 Å². The first-order valence-corrected chi connectivity index (χ1v) is 8.20. The Labute approximate surface area is 159 Å². The highest BCUT2D eigenvalue weighted by molar-refractivity contribution is 6.42. The zero-order chi connectivity index (χ0) is 18.0. The Bertz CT molecular complexity index is 790. The van der Waals surface area contributed by atoms with Crippen LogP contribution in [0.5, 0.6) is 0 Å². The molecule has 0 heterocycles. The van der Waals surface area contributed by atoms with Crippen LogP contribution in [0, 0.1) is 0 Å². The summed E-state index contributed by atoms with van der Waals surface area (Å²) in [5.41, 5.74) is 0.554. The number of rotatable bonds is 2. The summed E-state index contributed by atoms with van der Waals surface area (Å²) in [5.74, 6) is -0.609. The van der Waals surface area contributed by atoms with Crippen molar-refractivity contribution in [3.63, 3.8) is 0 Å². The highest BCUT2D eigenvalue weighted by Gasteiger charge is 2.26. The summed E-state index contributed by atoms with van der Waals surface area (Å²) in [5, 5.41) is 1.01. The van der Waals surface area contributed by atoms with E-state index in [1.807, 2.05) is 0 Å². The van der Waals surface area contributed by atoms with Crippen molar-refractivity contribution in [2.45, 2.75) is 0 Å². The highest BCUT2D eigenvalue weighted by atomic mass is 35.5. The van der Waals surface area contributed by atoms with Gasteiger partial charge in [-0.1, -0.05) is 52.5 Å². The van der Waals surface area contributed by atoms with Gasteiger partial charge in [0.1, 0.15) is 0 Å². The van der Waals surface area contributed by atoms with Gasteiger partial charge in [-0.3, -0.25) is 14.6 Å². The van der Waals surface area contributed by atoms with E-state index < -0.39 is 11.9 Å². The number of hydrogen-bond acceptors (Lipinski definition) is 2. The van der Waals surface area contributed by atoms with Crippen LogP contribution in [0.15, 0.2) is 36.4 Å². The third-order valence-electron chi connectivity index (χ3n) is 3.35. The Morgan fingerprint density at radius 3 is 1.96 bits per heavy atom. The van der Waals surface area contributed by atoms with Gasteiger partial charge in [-0.2, -0.15) is 0 Å². The lowest BCUT2D eigenvalue weighted by atomic mass is 10.2. The third-order valence-corrected chi connectivity index (χ3v) is 4.71. The molecule has 0 N–H and O–H groups in total. The van der Waals surface area contributed by atoms with Crippen molar-refractivity contribution in [1.29, 1.82) is 0 Å². The molecule has 2 aromatic carbocycles. The van der Waals surface area contributed by atoms with Gasteiger partial charge in [0, 0.05) is 19.8 Å². The molecule has 0 saturated heterocycles. The lowest BCUT2D eigenvalue weighted by Crippen LogP contribution is -2.42. The fourth-order valence-electron chi connectivity index (χ4n) is 1.99. The van der Waals surface area contributed by atoms with Gasteiger partial charge < -0.3 is 0 Å². The molecular formula is C16H12Cl4N2O2. The molecule has 8 heteroatoms. The van der Waals surface area contributed by atoms with Crippen LogP contribution in [0.4, 0.5) is 10.5 Å². The smallest absolute Gasteiger partial charge is 0.297 e. The lowest BCUT2D eigenvalue weighted by Gasteiger charge is -2.24. The molecule has 3 amide bonds. The molecule has 24 heavy (non-hydrogen) atoms. The Morgan fingerprint density at radius 2 is 1.42 bits per heavy atom. The molecule has 0 aromatic heterocycles. The number of urea groups is 1. The van der Waals surface area contributed by atoms with Crippen LogP contribution >= 0.6 is 46.4 Å². The minimum atomic E-state index is -0.609. The van der Waals surface area contributed by atoms with Crippen molar-refractivity contribution in [1.82, 2.24) is 4.90 Å². The highest BCUT2D eigenvalue weighted by Crippen LogP contribution is 2.28. The minimum Gasteiger partial charge on any atom is -0.297 e. The normalized spacial score (nSPS) is 10.4. The van der Waals surface area contributed by atoms with Gasteiger partial charge in [0.25, 0.3) is 5.91 Å². The van der Waals surface area contributed by atoms with Crippen LogP contribution in [0.2, 0.25) is 20.1 Å². The quantitative estimate of drug-likeness (QED) is 0.649. The van der Waals surface area contributed by atoms with E-state index in [2.05, 4.69) is 0 Å². The van der Waals surface area contributed by atoms with Crippen LogP contribution in [0.3, 0.4) is 0 Å². The molecule has 0 aliphatic carbocycles. The zero-order valence-electron chi connectivity index (χ0n) is 12.7. The standard InChI is InChI=1S/C16H12Cl4N2O2/c1-21(9-6-7-10(17)13(20)8-9)16(24)22(2)15(23)14-11(18)4-3-5-12(14)19/h3-8H,1-2H3. The number of benzene rings is 2. The number of anilines is 1. The molecule has 0 atom stereocenters. The van der Waals surface area contributed by atoms with E-state index in [1.54, 1.807) is 18.2 Å². The monoisotopic (exact) mass is 404 g/mol. The maximum absolute atomic E-state index is 12.5. The first-order valence-electron chi connectivity index (χ1n) is 6.69. The zero-order valence-corrected chi connectivity index (χ0v) is 15.7. The second-order valence-corrected chi connectivity index (χ2v) is 6.53. The molecule has 0 spiro atoms. The molecule has 0 saturated carbocycles. The molecule has 0 aliphatic rings. The minimum absolute atomic E-state index is 0.0687. The van der Waals surface area contributed by atoms with Gasteiger partial charge in [0.05, 0.1) is 25.7 Å². The number of amides is 3. The van der Waals surface area contributed by atoms with E-state index in [0.717, 1.165) is 4.90 Å². The van der Waals surface area contributed by atoms with Crippen molar-refractivity contribution >= 4 is 64.0 Å². The number of carbonyl (C=O) groups excluding carboxylic acids is 2. The number of imide groups is 1.